The fourth-order valence-electron chi connectivity index (χ4n) is 0.799. The van der Waals surface area contributed by atoms with Crippen molar-refractivity contribution in [1.82, 2.24) is 4.98 Å². The van der Waals surface area contributed by atoms with Gasteiger partial charge in [-0.05, 0) is 29.6 Å². The average molecular weight is 188 g/mol. The summed E-state index contributed by atoms with van der Waals surface area (Å²) in [5, 5.41) is 10.8. The molecule has 0 saturated carbocycles. The number of hydrogen-bond acceptors (Lipinski definition) is 4. The molecule has 2 aromatic heterocycles. The maximum Gasteiger partial charge on any atom is 0.174 e. The molecule has 0 amide bonds. The topological polar surface area (TPSA) is 37.6 Å². The van der Waals surface area contributed by atoms with Gasteiger partial charge in [0.15, 0.2) is 5.82 Å². The lowest BCUT2D eigenvalue weighted by molar-refractivity contribution is 1.16. The molecule has 63 valence electrons. The lowest BCUT2D eigenvalue weighted by atomic mass is 10.5. The monoisotopic (exact) mass is 188 g/mol. The predicted octanol–water partition coefficient (Wildman–Crippen LogP) is 3.36. The van der Waals surface area contributed by atoms with Crippen LogP contribution in [-0.2, 0) is 0 Å². The van der Waals surface area contributed by atoms with E-state index >= 15 is 0 Å². The van der Waals surface area contributed by atoms with Crippen LogP contribution in [0.5, 0.6) is 0 Å². The first kappa shape index (κ1) is 8.07. The lowest BCUT2D eigenvalue weighted by Gasteiger charge is -1.86. The molecule has 0 aliphatic rings. The van der Waals surface area contributed by atoms with Crippen LogP contribution < -0.4 is 0 Å². The highest BCUT2D eigenvalue weighted by Gasteiger charge is 1.89. The van der Waals surface area contributed by atoms with Crippen LogP contribution >= 0.6 is 11.3 Å². The van der Waals surface area contributed by atoms with Crippen LogP contribution in [0, 0.1) is 6.07 Å². The summed E-state index contributed by atoms with van der Waals surface area (Å²) in [6, 6.07) is 10.2. The molecule has 0 saturated heterocycles. The maximum absolute atomic E-state index is 4.00. The fraction of sp³-hybridized carbons (Fsp3) is 0. The van der Waals surface area contributed by atoms with Crippen LogP contribution in [0.1, 0.15) is 0 Å². The second kappa shape index (κ2) is 3.91. The normalized spacial score (nSPS) is 10.8. The van der Waals surface area contributed by atoms with Gasteiger partial charge in [-0.15, -0.1) is 21.6 Å². The van der Waals surface area contributed by atoms with Crippen molar-refractivity contribution in [2.75, 3.05) is 0 Å². The number of aromatic nitrogens is 1. The Morgan fingerprint density at radius 1 is 1.31 bits per heavy atom. The Morgan fingerprint density at radius 2 is 2.31 bits per heavy atom. The molecular formula is C9H6N3S. The molecule has 1 radical (unpaired) electrons. The summed E-state index contributed by atoms with van der Waals surface area (Å²) in [6.45, 7) is 0. The van der Waals surface area contributed by atoms with Crippen molar-refractivity contribution < 1.29 is 0 Å². The maximum atomic E-state index is 4.00. The van der Waals surface area contributed by atoms with Gasteiger partial charge in [0.25, 0.3) is 0 Å². The van der Waals surface area contributed by atoms with E-state index in [0.29, 0.717) is 5.82 Å². The summed E-state index contributed by atoms with van der Waals surface area (Å²) in [6.07, 6.45) is 1.57. The summed E-state index contributed by atoms with van der Waals surface area (Å²) < 4.78 is 0. The largest absolute Gasteiger partial charge is 0.235 e. The van der Waals surface area contributed by atoms with Crippen LogP contribution in [0.15, 0.2) is 46.1 Å². The number of pyridine rings is 1. The minimum atomic E-state index is 0.604. The molecule has 0 aromatic carbocycles. The van der Waals surface area contributed by atoms with Crippen LogP contribution in [0.2, 0.25) is 0 Å². The number of azo groups is 1. The molecule has 0 aliphatic carbocycles. The number of thiophene rings is 1. The van der Waals surface area contributed by atoms with Crippen LogP contribution in [0.25, 0.3) is 0 Å². The minimum Gasteiger partial charge on any atom is -0.235 e. The third-order valence-electron chi connectivity index (χ3n) is 1.36. The van der Waals surface area contributed by atoms with Gasteiger partial charge in [0.05, 0.1) is 0 Å². The molecular weight excluding hydrogens is 182 g/mol. The Labute approximate surface area is 79.8 Å². The Morgan fingerprint density at radius 3 is 3.00 bits per heavy atom. The van der Waals surface area contributed by atoms with Crippen molar-refractivity contribution in [2.45, 2.75) is 0 Å². The van der Waals surface area contributed by atoms with Gasteiger partial charge < -0.3 is 0 Å². The van der Waals surface area contributed by atoms with Gasteiger partial charge in [0, 0.05) is 12.3 Å². The van der Waals surface area contributed by atoms with Gasteiger partial charge in [-0.25, -0.2) is 4.98 Å². The molecule has 0 atom stereocenters. The van der Waals surface area contributed by atoms with Gasteiger partial charge in [-0.3, -0.25) is 0 Å². The Hall–Kier alpha value is -1.55. The van der Waals surface area contributed by atoms with Gasteiger partial charge >= 0.3 is 0 Å². The first-order chi connectivity index (χ1) is 6.45. The standard InChI is InChI=1S/C9H6N3S/c1-2-6-10-8(4-1)11-12-9-5-3-7-13-9/h1,3-7H/b12-11+. The number of rotatable bonds is 2. The van der Waals surface area contributed by atoms with E-state index in [1.807, 2.05) is 17.5 Å². The molecule has 3 nitrogen and oxygen atoms in total. The van der Waals surface area contributed by atoms with E-state index in [4.69, 9.17) is 0 Å². The molecule has 0 N–H and O–H groups in total. The molecule has 0 aliphatic heterocycles. The van der Waals surface area contributed by atoms with Crippen molar-refractivity contribution in [3.63, 3.8) is 0 Å². The molecule has 13 heavy (non-hydrogen) atoms. The molecule has 2 rings (SSSR count). The predicted molar refractivity (Wildman–Crippen MR) is 51.6 cm³/mol. The summed E-state index contributed by atoms with van der Waals surface area (Å²) in [5.74, 6) is 0.604. The Bertz CT molecular complexity index is 381. The van der Waals surface area contributed by atoms with E-state index in [0.717, 1.165) is 5.00 Å². The van der Waals surface area contributed by atoms with Crippen LogP contribution in [0.3, 0.4) is 0 Å². The third kappa shape index (κ3) is 2.19. The van der Waals surface area contributed by atoms with E-state index in [9.17, 15) is 0 Å². The summed E-state index contributed by atoms with van der Waals surface area (Å²) in [4.78, 5) is 3.97. The lowest BCUT2D eigenvalue weighted by Crippen LogP contribution is -1.68. The van der Waals surface area contributed by atoms with E-state index in [-0.39, 0.29) is 0 Å². The quantitative estimate of drug-likeness (QED) is 0.666. The number of hydrogen-bond donors (Lipinski definition) is 0. The molecule has 2 aromatic rings. The fourth-order valence-corrected chi connectivity index (χ4v) is 1.34. The number of nitrogens with zero attached hydrogens (tertiary/aromatic N) is 3. The molecule has 2 heterocycles. The SMILES string of the molecule is [c]1ccc(/N=N/c2cccs2)nc1. The van der Waals surface area contributed by atoms with Crippen molar-refractivity contribution in [3.05, 3.63) is 41.9 Å². The molecule has 4 heteroatoms. The highest BCUT2D eigenvalue weighted by molar-refractivity contribution is 7.13. The van der Waals surface area contributed by atoms with E-state index in [1.165, 1.54) is 0 Å². The first-order valence-corrected chi connectivity index (χ1v) is 4.60. The highest BCUT2D eigenvalue weighted by Crippen LogP contribution is 2.21. The summed E-state index contributed by atoms with van der Waals surface area (Å²) in [7, 11) is 0. The molecule has 0 fully saturated rings. The van der Waals surface area contributed by atoms with Gasteiger partial charge in [0.1, 0.15) is 5.00 Å². The van der Waals surface area contributed by atoms with Crippen LogP contribution in [-0.4, -0.2) is 4.98 Å². The van der Waals surface area contributed by atoms with Gasteiger partial charge in [-0.2, -0.15) is 0 Å². The Kier molecular flexibility index (Phi) is 2.43. The zero-order valence-corrected chi connectivity index (χ0v) is 7.53. The van der Waals surface area contributed by atoms with Crippen molar-refractivity contribution in [2.24, 2.45) is 10.2 Å². The Balaban J connectivity index is 2.15. The van der Waals surface area contributed by atoms with E-state index in [2.05, 4.69) is 21.3 Å². The first-order valence-electron chi connectivity index (χ1n) is 3.72. The van der Waals surface area contributed by atoms with Crippen molar-refractivity contribution in [1.29, 1.82) is 0 Å². The van der Waals surface area contributed by atoms with E-state index < -0.39 is 0 Å². The average Bonchev–Trinajstić information content (AvgIpc) is 2.69. The second-order valence-corrected chi connectivity index (χ2v) is 3.19. The zero-order chi connectivity index (χ0) is 8.93. The summed E-state index contributed by atoms with van der Waals surface area (Å²) >= 11 is 1.55. The smallest absolute Gasteiger partial charge is 0.174 e. The zero-order valence-electron chi connectivity index (χ0n) is 6.71. The van der Waals surface area contributed by atoms with E-state index in [1.54, 1.807) is 29.7 Å². The summed E-state index contributed by atoms with van der Waals surface area (Å²) in [5.41, 5.74) is 0. The second-order valence-electron chi connectivity index (χ2n) is 2.27. The third-order valence-corrected chi connectivity index (χ3v) is 2.11. The van der Waals surface area contributed by atoms with Gasteiger partial charge in [0.2, 0.25) is 0 Å². The molecule has 0 bridgehead atoms. The van der Waals surface area contributed by atoms with Crippen molar-refractivity contribution >= 4 is 22.2 Å². The molecule has 0 unspecified atom stereocenters. The highest BCUT2D eigenvalue weighted by atomic mass is 32.1. The van der Waals surface area contributed by atoms with Crippen molar-refractivity contribution in [3.8, 4) is 0 Å². The van der Waals surface area contributed by atoms with Crippen LogP contribution in [0.4, 0.5) is 10.8 Å². The minimum absolute atomic E-state index is 0.604. The van der Waals surface area contributed by atoms with Gasteiger partial charge in [-0.1, -0.05) is 0 Å². The molecule has 0 spiro atoms.